The molecular weight excluding hydrogens is 336 g/mol. The van der Waals surface area contributed by atoms with E-state index in [0.29, 0.717) is 11.4 Å². The number of nitrogens with one attached hydrogen (secondary N) is 2. The maximum Gasteiger partial charge on any atom is 0.287 e. The second kappa shape index (κ2) is 7.43. The highest BCUT2D eigenvalue weighted by Gasteiger charge is 2.27. The number of H-pyrrole nitrogens is 1. The summed E-state index contributed by atoms with van der Waals surface area (Å²) >= 11 is 0. The van der Waals surface area contributed by atoms with E-state index in [1.807, 2.05) is 0 Å². The number of rotatable bonds is 7. The Labute approximate surface area is 148 Å². The van der Waals surface area contributed by atoms with Crippen molar-refractivity contribution in [1.82, 2.24) is 24.8 Å². The first-order valence-corrected chi connectivity index (χ1v) is 7.76. The van der Waals surface area contributed by atoms with Gasteiger partial charge in [-0.25, -0.2) is 4.98 Å². The van der Waals surface area contributed by atoms with Gasteiger partial charge >= 0.3 is 0 Å². The van der Waals surface area contributed by atoms with Crippen LogP contribution in [0.3, 0.4) is 0 Å². The number of aromatic nitrogens is 4. The minimum Gasteiger partial charge on any atom is -0.365 e. The van der Waals surface area contributed by atoms with Crippen molar-refractivity contribution in [3.63, 3.8) is 0 Å². The summed E-state index contributed by atoms with van der Waals surface area (Å²) in [6, 6.07) is 5.89. The Morgan fingerprint density at radius 1 is 1.19 bits per heavy atom. The Morgan fingerprint density at radius 2 is 2.04 bits per heavy atom. The molecule has 0 spiro atoms. The number of pyridine rings is 1. The van der Waals surface area contributed by atoms with E-state index < -0.39 is 23.6 Å². The van der Waals surface area contributed by atoms with Crippen LogP contribution < -0.4 is 11.1 Å². The van der Waals surface area contributed by atoms with E-state index >= 15 is 0 Å². The van der Waals surface area contributed by atoms with Crippen molar-refractivity contribution >= 4 is 17.6 Å². The van der Waals surface area contributed by atoms with E-state index in [4.69, 9.17) is 5.73 Å². The molecule has 3 aromatic rings. The van der Waals surface area contributed by atoms with Crippen molar-refractivity contribution in [2.24, 2.45) is 5.73 Å². The van der Waals surface area contributed by atoms with E-state index in [1.54, 1.807) is 42.9 Å². The molecule has 2 amide bonds. The third-order valence-electron chi connectivity index (χ3n) is 3.75. The van der Waals surface area contributed by atoms with Gasteiger partial charge in [-0.1, -0.05) is 0 Å². The number of carbonyl (C=O) groups is 3. The second-order valence-electron chi connectivity index (χ2n) is 5.51. The van der Waals surface area contributed by atoms with Crippen LogP contribution in [-0.4, -0.2) is 43.2 Å². The van der Waals surface area contributed by atoms with E-state index in [1.165, 1.54) is 17.1 Å². The fourth-order valence-corrected chi connectivity index (χ4v) is 2.49. The predicted octanol–water partition coefficient (Wildman–Crippen LogP) is -0.00910. The number of imidazole rings is 1. The highest BCUT2D eigenvalue weighted by Crippen LogP contribution is 2.10. The van der Waals surface area contributed by atoms with Crippen LogP contribution in [0, 0.1) is 0 Å². The van der Waals surface area contributed by atoms with Crippen LogP contribution in [0.2, 0.25) is 0 Å². The van der Waals surface area contributed by atoms with Gasteiger partial charge in [-0.15, -0.1) is 0 Å². The molecule has 4 N–H and O–H groups in total. The summed E-state index contributed by atoms with van der Waals surface area (Å²) < 4.78 is 1.53. The number of ketones is 1. The molecule has 3 rings (SSSR count). The molecular formula is C17H16N6O3. The normalized spacial score (nSPS) is 11.7. The summed E-state index contributed by atoms with van der Waals surface area (Å²) in [4.78, 5) is 47.0. The van der Waals surface area contributed by atoms with Crippen molar-refractivity contribution in [1.29, 1.82) is 0 Å². The molecule has 0 aliphatic rings. The molecule has 26 heavy (non-hydrogen) atoms. The number of nitrogens with zero attached hydrogens (tertiary/aromatic N) is 3. The zero-order valence-electron chi connectivity index (χ0n) is 13.6. The lowest BCUT2D eigenvalue weighted by Gasteiger charge is -2.16. The summed E-state index contributed by atoms with van der Waals surface area (Å²) in [5.41, 5.74) is 6.63. The van der Waals surface area contributed by atoms with Crippen LogP contribution in [0.5, 0.6) is 0 Å². The van der Waals surface area contributed by atoms with Gasteiger partial charge in [0.15, 0.2) is 0 Å². The van der Waals surface area contributed by atoms with Gasteiger partial charge in [-0.2, -0.15) is 0 Å². The Balaban J connectivity index is 1.83. The Hall–Kier alpha value is -3.75. The maximum atomic E-state index is 12.7. The molecule has 0 fully saturated rings. The molecule has 9 nitrogen and oxygen atoms in total. The van der Waals surface area contributed by atoms with Crippen LogP contribution in [0.4, 0.5) is 0 Å². The zero-order chi connectivity index (χ0) is 18.5. The monoisotopic (exact) mass is 352 g/mol. The van der Waals surface area contributed by atoms with Crippen LogP contribution in [0.15, 0.2) is 55.4 Å². The van der Waals surface area contributed by atoms with Crippen LogP contribution >= 0.6 is 0 Å². The number of hydrogen-bond acceptors (Lipinski definition) is 5. The van der Waals surface area contributed by atoms with Gasteiger partial charge in [-0.3, -0.25) is 23.9 Å². The number of primary amides is 1. The SMILES string of the molecule is NC(=O)C(=O)C(Cc1ccc[nH]1)NC(=O)c1cncn1-c1cccnc1. The lowest BCUT2D eigenvalue weighted by Crippen LogP contribution is -2.47. The van der Waals surface area contributed by atoms with Crippen molar-refractivity contribution in [3.05, 3.63) is 66.8 Å². The van der Waals surface area contributed by atoms with E-state index in [2.05, 4.69) is 20.3 Å². The highest BCUT2D eigenvalue weighted by atomic mass is 16.2. The first kappa shape index (κ1) is 17.1. The molecule has 1 unspecified atom stereocenters. The summed E-state index contributed by atoms with van der Waals surface area (Å²) in [5.74, 6) is -2.54. The van der Waals surface area contributed by atoms with E-state index in [9.17, 15) is 14.4 Å². The smallest absolute Gasteiger partial charge is 0.287 e. The van der Waals surface area contributed by atoms with Crippen molar-refractivity contribution < 1.29 is 14.4 Å². The van der Waals surface area contributed by atoms with Crippen LogP contribution in [0.1, 0.15) is 16.2 Å². The third-order valence-corrected chi connectivity index (χ3v) is 3.75. The van der Waals surface area contributed by atoms with Crippen molar-refractivity contribution in [2.75, 3.05) is 0 Å². The largest absolute Gasteiger partial charge is 0.365 e. The molecule has 0 saturated heterocycles. The number of aromatic amines is 1. The molecule has 0 radical (unpaired) electrons. The molecule has 9 heteroatoms. The lowest BCUT2D eigenvalue weighted by molar-refractivity contribution is -0.137. The van der Waals surface area contributed by atoms with Crippen molar-refractivity contribution in [2.45, 2.75) is 12.5 Å². The molecule has 0 bridgehead atoms. The number of nitrogens with two attached hydrogens (primary N) is 1. The second-order valence-corrected chi connectivity index (χ2v) is 5.51. The fraction of sp³-hybridized carbons (Fsp3) is 0.118. The van der Waals surface area contributed by atoms with Gasteiger partial charge in [0.1, 0.15) is 11.7 Å². The van der Waals surface area contributed by atoms with E-state index in [-0.39, 0.29) is 12.1 Å². The van der Waals surface area contributed by atoms with Gasteiger partial charge in [0.2, 0.25) is 5.78 Å². The number of hydrogen-bond donors (Lipinski definition) is 3. The minimum absolute atomic E-state index is 0.113. The molecule has 132 valence electrons. The molecule has 0 aliphatic carbocycles. The van der Waals surface area contributed by atoms with Crippen LogP contribution in [0.25, 0.3) is 5.69 Å². The molecule has 3 heterocycles. The van der Waals surface area contributed by atoms with Gasteiger partial charge in [0.05, 0.1) is 24.4 Å². The Bertz CT molecular complexity index is 917. The molecule has 0 aliphatic heterocycles. The first-order chi connectivity index (χ1) is 12.6. The standard InChI is InChI=1S/C17H16N6O3/c18-16(25)15(24)13(7-11-3-1-6-21-11)22-17(26)14-9-20-10-23(14)12-4-2-5-19-8-12/h1-6,8-10,13,21H,7H2,(H2,18,25)(H,22,26). The molecule has 3 aromatic heterocycles. The van der Waals surface area contributed by atoms with E-state index in [0.717, 1.165) is 0 Å². The molecule has 0 saturated carbocycles. The minimum atomic E-state index is -1.11. The number of amides is 2. The Kier molecular flexibility index (Phi) is 4.88. The molecule has 0 aromatic carbocycles. The van der Waals surface area contributed by atoms with Gasteiger partial charge in [-0.05, 0) is 24.3 Å². The Morgan fingerprint density at radius 3 is 2.69 bits per heavy atom. The van der Waals surface area contributed by atoms with Crippen molar-refractivity contribution in [3.8, 4) is 5.69 Å². The van der Waals surface area contributed by atoms with Gasteiger partial charge in [0.25, 0.3) is 11.8 Å². The maximum absolute atomic E-state index is 12.7. The van der Waals surface area contributed by atoms with Crippen LogP contribution in [-0.2, 0) is 16.0 Å². The average molecular weight is 352 g/mol. The topological polar surface area (TPSA) is 136 Å². The molecule has 1 atom stereocenters. The lowest BCUT2D eigenvalue weighted by atomic mass is 10.1. The van der Waals surface area contributed by atoms with Gasteiger partial charge < -0.3 is 16.0 Å². The zero-order valence-corrected chi connectivity index (χ0v) is 13.6. The first-order valence-electron chi connectivity index (χ1n) is 7.76. The summed E-state index contributed by atoms with van der Waals surface area (Å²) in [6.07, 6.45) is 7.80. The number of Topliss-reactive ketones (excluding diaryl/α,β-unsaturated/α-hetero) is 1. The summed E-state index contributed by atoms with van der Waals surface area (Å²) in [6.45, 7) is 0. The third kappa shape index (κ3) is 3.66. The predicted molar refractivity (Wildman–Crippen MR) is 91.3 cm³/mol. The average Bonchev–Trinajstić information content (AvgIpc) is 3.32. The summed E-state index contributed by atoms with van der Waals surface area (Å²) in [5, 5.41) is 2.56. The van der Waals surface area contributed by atoms with Gasteiger partial charge in [0, 0.05) is 24.5 Å². The quantitative estimate of drug-likeness (QED) is 0.514. The summed E-state index contributed by atoms with van der Waals surface area (Å²) in [7, 11) is 0. The number of carbonyl (C=O) groups excluding carboxylic acids is 3. The highest BCUT2D eigenvalue weighted by molar-refractivity contribution is 6.38. The fourth-order valence-electron chi connectivity index (χ4n) is 2.49.